The highest BCUT2D eigenvalue weighted by molar-refractivity contribution is 7.15. The van der Waals surface area contributed by atoms with Gasteiger partial charge in [-0.25, -0.2) is 9.37 Å². The van der Waals surface area contributed by atoms with E-state index >= 15 is 0 Å². The average molecular weight is 418 g/mol. The maximum absolute atomic E-state index is 13.1. The number of halogens is 2. The van der Waals surface area contributed by atoms with Gasteiger partial charge in [0.1, 0.15) is 10.8 Å². The quantitative estimate of drug-likeness (QED) is 0.611. The summed E-state index contributed by atoms with van der Waals surface area (Å²) >= 11 is 7.44. The number of anilines is 1. The van der Waals surface area contributed by atoms with Crippen LogP contribution in [0.3, 0.4) is 0 Å². The van der Waals surface area contributed by atoms with Crippen molar-refractivity contribution in [1.82, 2.24) is 10.3 Å². The molecule has 28 heavy (non-hydrogen) atoms. The number of benzene rings is 2. The minimum atomic E-state index is -0.777. The molecule has 0 aliphatic carbocycles. The molecule has 0 fully saturated rings. The Labute approximate surface area is 170 Å². The number of nitrogens with one attached hydrogen (secondary N) is 2. The summed E-state index contributed by atoms with van der Waals surface area (Å²) in [5.74, 6) is -1.81. The first-order valence-corrected chi connectivity index (χ1v) is 9.69. The van der Waals surface area contributed by atoms with Crippen LogP contribution in [0.25, 0.3) is 10.6 Å². The summed E-state index contributed by atoms with van der Waals surface area (Å²) in [5.41, 5.74) is 2.06. The lowest BCUT2D eigenvalue weighted by atomic mass is 10.2. The Morgan fingerprint density at radius 2 is 1.82 bits per heavy atom. The predicted octanol–water partition coefficient (Wildman–Crippen LogP) is 4.21. The molecule has 2 N–H and O–H groups in total. The number of para-hydroxylation sites is 1. The van der Waals surface area contributed by atoms with Gasteiger partial charge in [-0.05, 0) is 43.3 Å². The van der Waals surface area contributed by atoms with Gasteiger partial charge < -0.3 is 10.6 Å². The lowest BCUT2D eigenvalue weighted by Gasteiger charge is -2.07. The second-order valence-corrected chi connectivity index (χ2v) is 7.47. The first-order chi connectivity index (χ1) is 13.4. The fourth-order valence-electron chi connectivity index (χ4n) is 2.49. The molecule has 5 nitrogen and oxygen atoms in total. The van der Waals surface area contributed by atoms with Crippen molar-refractivity contribution in [2.45, 2.75) is 13.3 Å². The van der Waals surface area contributed by atoms with Gasteiger partial charge in [0.25, 0.3) is 0 Å². The van der Waals surface area contributed by atoms with E-state index in [0.717, 1.165) is 21.1 Å². The molecular formula is C20H17ClFN3O2S. The van der Waals surface area contributed by atoms with Crippen LogP contribution in [0.5, 0.6) is 0 Å². The molecule has 0 bridgehead atoms. The Morgan fingerprint density at radius 3 is 2.54 bits per heavy atom. The number of amides is 2. The largest absolute Gasteiger partial charge is 0.347 e. The minimum Gasteiger partial charge on any atom is -0.347 e. The van der Waals surface area contributed by atoms with Gasteiger partial charge in [0, 0.05) is 23.4 Å². The highest BCUT2D eigenvalue weighted by atomic mass is 35.5. The van der Waals surface area contributed by atoms with Crippen LogP contribution in [0, 0.1) is 12.7 Å². The van der Waals surface area contributed by atoms with Gasteiger partial charge in [0.2, 0.25) is 0 Å². The highest BCUT2D eigenvalue weighted by Crippen LogP contribution is 2.28. The maximum Gasteiger partial charge on any atom is 0.313 e. The SMILES string of the molecule is Cc1nc(-c2ccc(F)cc2)sc1CCNC(=O)C(=O)Nc1ccccc1Cl. The Morgan fingerprint density at radius 1 is 1.11 bits per heavy atom. The van der Waals surface area contributed by atoms with E-state index in [1.807, 2.05) is 6.92 Å². The maximum atomic E-state index is 13.1. The van der Waals surface area contributed by atoms with Crippen molar-refractivity contribution in [3.63, 3.8) is 0 Å². The molecule has 1 heterocycles. The van der Waals surface area contributed by atoms with E-state index in [-0.39, 0.29) is 5.82 Å². The van der Waals surface area contributed by atoms with Crippen molar-refractivity contribution in [2.24, 2.45) is 0 Å². The molecule has 0 aliphatic rings. The van der Waals surface area contributed by atoms with Gasteiger partial charge in [-0.3, -0.25) is 9.59 Å². The number of nitrogens with zero attached hydrogens (tertiary/aromatic N) is 1. The fraction of sp³-hybridized carbons (Fsp3) is 0.150. The number of aromatic nitrogens is 1. The van der Waals surface area contributed by atoms with Gasteiger partial charge in [-0.15, -0.1) is 11.3 Å². The van der Waals surface area contributed by atoms with Gasteiger partial charge >= 0.3 is 11.8 Å². The van der Waals surface area contributed by atoms with Crippen LogP contribution in [0.4, 0.5) is 10.1 Å². The molecule has 8 heteroatoms. The summed E-state index contributed by atoms with van der Waals surface area (Å²) in [5, 5.41) is 6.21. The van der Waals surface area contributed by atoms with Crippen LogP contribution in [0.1, 0.15) is 10.6 Å². The molecule has 3 rings (SSSR count). The number of carbonyl (C=O) groups excluding carboxylic acids is 2. The Kier molecular flexibility index (Phi) is 6.38. The summed E-state index contributed by atoms with van der Waals surface area (Å²) in [6.07, 6.45) is 0.538. The fourth-order valence-corrected chi connectivity index (χ4v) is 3.74. The third-order valence-electron chi connectivity index (χ3n) is 3.95. The zero-order valence-electron chi connectivity index (χ0n) is 15.0. The number of rotatable bonds is 5. The molecule has 144 valence electrons. The van der Waals surface area contributed by atoms with Gasteiger partial charge in [0.05, 0.1) is 16.4 Å². The average Bonchev–Trinajstić information content (AvgIpc) is 3.04. The third-order valence-corrected chi connectivity index (χ3v) is 5.55. The molecule has 0 aliphatic heterocycles. The van der Waals surface area contributed by atoms with Crippen LogP contribution < -0.4 is 10.6 Å². The molecule has 0 unspecified atom stereocenters. The molecule has 2 aromatic carbocycles. The minimum absolute atomic E-state index is 0.292. The lowest BCUT2D eigenvalue weighted by Crippen LogP contribution is -2.36. The summed E-state index contributed by atoms with van der Waals surface area (Å²) in [6.45, 7) is 2.17. The van der Waals surface area contributed by atoms with Crippen LogP contribution in [-0.2, 0) is 16.0 Å². The zero-order valence-corrected chi connectivity index (χ0v) is 16.5. The molecular weight excluding hydrogens is 401 g/mol. The van der Waals surface area contributed by atoms with E-state index in [0.29, 0.717) is 23.7 Å². The number of aryl methyl sites for hydroxylation is 1. The van der Waals surface area contributed by atoms with Crippen molar-refractivity contribution in [3.8, 4) is 10.6 Å². The Bertz CT molecular complexity index is 1000. The smallest absolute Gasteiger partial charge is 0.313 e. The van der Waals surface area contributed by atoms with Crippen molar-refractivity contribution >= 4 is 40.4 Å². The molecule has 1 aromatic heterocycles. The molecule has 0 saturated carbocycles. The summed E-state index contributed by atoms with van der Waals surface area (Å²) in [6, 6.07) is 12.8. The summed E-state index contributed by atoms with van der Waals surface area (Å²) in [4.78, 5) is 29.4. The van der Waals surface area contributed by atoms with Gasteiger partial charge in [0.15, 0.2) is 0 Å². The Hall–Kier alpha value is -2.77. The van der Waals surface area contributed by atoms with Gasteiger partial charge in [-0.1, -0.05) is 23.7 Å². The first-order valence-electron chi connectivity index (χ1n) is 8.50. The standard InChI is InChI=1S/C20H17ClFN3O2S/c1-12-17(28-20(24-12)13-6-8-14(22)9-7-13)10-11-23-18(26)19(27)25-16-5-3-2-4-15(16)21/h2-9H,10-11H2,1H3,(H,23,26)(H,25,27). The normalized spacial score (nSPS) is 10.5. The third kappa shape index (κ3) is 4.94. The van der Waals surface area contributed by atoms with E-state index < -0.39 is 11.8 Å². The molecule has 0 spiro atoms. The molecule has 2 amide bonds. The van der Waals surface area contributed by atoms with E-state index in [9.17, 15) is 14.0 Å². The number of carbonyl (C=O) groups is 2. The molecule has 0 saturated heterocycles. The van der Waals surface area contributed by atoms with Crippen molar-refractivity contribution in [3.05, 3.63) is 69.9 Å². The summed E-state index contributed by atoms with van der Waals surface area (Å²) < 4.78 is 13.1. The van der Waals surface area contributed by atoms with Crippen LogP contribution >= 0.6 is 22.9 Å². The molecule has 3 aromatic rings. The Balaban J connectivity index is 1.54. The van der Waals surface area contributed by atoms with E-state index in [1.165, 1.54) is 23.5 Å². The topological polar surface area (TPSA) is 71.1 Å². The second kappa shape index (κ2) is 8.95. The molecule has 0 radical (unpaired) electrons. The second-order valence-electron chi connectivity index (χ2n) is 5.97. The van der Waals surface area contributed by atoms with Crippen LogP contribution in [-0.4, -0.2) is 23.3 Å². The van der Waals surface area contributed by atoms with Crippen molar-refractivity contribution in [1.29, 1.82) is 0 Å². The highest BCUT2D eigenvalue weighted by Gasteiger charge is 2.15. The number of hydrogen-bond donors (Lipinski definition) is 2. The first kappa shape index (κ1) is 20.0. The van der Waals surface area contributed by atoms with Crippen LogP contribution in [0.2, 0.25) is 5.02 Å². The lowest BCUT2D eigenvalue weighted by molar-refractivity contribution is -0.136. The van der Waals surface area contributed by atoms with E-state index in [1.54, 1.807) is 36.4 Å². The van der Waals surface area contributed by atoms with Crippen molar-refractivity contribution in [2.75, 3.05) is 11.9 Å². The number of thiazole rings is 1. The van der Waals surface area contributed by atoms with Crippen LogP contribution in [0.15, 0.2) is 48.5 Å². The zero-order chi connectivity index (χ0) is 20.1. The van der Waals surface area contributed by atoms with Gasteiger partial charge in [-0.2, -0.15) is 0 Å². The van der Waals surface area contributed by atoms with E-state index in [4.69, 9.17) is 11.6 Å². The monoisotopic (exact) mass is 417 g/mol. The van der Waals surface area contributed by atoms with E-state index in [2.05, 4.69) is 15.6 Å². The molecule has 0 atom stereocenters. The predicted molar refractivity (Wildman–Crippen MR) is 109 cm³/mol. The number of hydrogen-bond acceptors (Lipinski definition) is 4. The van der Waals surface area contributed by atoms with Crippen molar-refractivity contribution < 1.29 is 14.0 Å². The summed E-state index contributed by atoms with van der Waals surface area (Å²) in [7, 11) is 0.